The summed E-state index contributed by atoms with van der Waals surface area (Å²) in [5.74, 6) is -0.911. The van der Waals surface area contributed by atoms with E-state index in [0.29, 0.717) is 12.1 Å². The lowest BCUT2D eigenvalue weighted by Crippen LogP contribution is -2.38. The second kappa shape index (κ2) is 8.27. The first-order chi connectivity index (χ1) is 13.0. The number of carbonyl (C=O) groups excluding carboxylic acids is 2. The maximum Gasteiger partial charge on any atom is 0.331 e. The lowest BCUT2D eigenvalue weighted by atomic mass is 10.0. The fourth-order valence-electron chi connectivity index (χ4n) is 2.92. The van der Waals surface area contributed by atoms with E-state index in [9.17, 15) is 19.7 Å². The van der Waals surface area contributed by atoms with Gasteiger partial charge in [0.15, 0.2) is 6.61 Å². The van der Waals surface area contributed by atoms with Crippen LogP contribution >= 0.6 is 0 Å². The van der Waals surface area contributed by atoms with Crippen LogP contribution in [-0.2, 0) is 20.7 Å². The summed E-state index contributed by atoms with van der Waals surface area (Å²) in [5, 5.41) is 10.6. The Kier molecular flexibility index (Phi) is 5.61. The molecule has 0 radical (unpaired) electrons. The molecule has 0 atom stereocenters. The van der Waals surface area contributed by atoms with Crippen molar-refractivity contribution in [2.24, 2.45) is 0 Å². The molecular weight excluding hydrogens is 348 g/mol. The van der Waals surface area contributed by atoms with Gasteiger partial charge >= 0.3 is 5.97 Å². The number of para-hydroxylation sites is 1. The molecule has 0 aliphatic carbocycles. The molecule has 1 amide bonds. The summed E-state index contributed by atoms with van der Waals surface area (Å²) >= 11 is 0. The number of amides is 1. The maximum atomic E-state index is 12.4. The average Bonchev–Trinajstić information content (AvgIpc) is 2.70. The van der Waals surface area contributed by atoms with Crippen LogP contribution in [0.3, 0.4) is 0 Å². The largest absolute Gasteiger partial charge is 0.452 e. The molecule has 0 bridgehead atoms. The fraction of sp³-hybridized carbons (Fsp3) is 0.200. The first kappa shape index (κ1) is 18.3. The molecule has 1 heterocycles. The minimum absolute atomic E-state index is 0.0258. The number of hydrogen-bond donors (Lipinski definition) is 0. The second-order valence-corrected chi connectivity index (χ2v) is 6.07. The van der Waals surface area contributed by atoms with Crippen molar-refractivity contribution in [2.45, 2.75) is 12.8 Å². The second-order valence-electron chi connectivity index (χ2n) is 6.07. The third-order valence-corrected chi connectivity index (χ3v) is 4.26. The van der Waals surface area contributed by atoms with Gasteiger partial charge in [0.2, 0.25) is 0 Å². The van der Waals surface area contributed by atoms with E-state index in [0.717, 1.165) is 24.1 Å². The van der Waals surface area contributed by atoms with Crippen LogP contribution in [0.5, 0.6) is 0 Å². The van der Waals surface area contributed by atoms with Crippen molar-refractivity contribution in [3.05, 3.63) is 75.8 Å². The summed E-state index contributed by atoms with van der Waals surface area (Å²) in [6.45, 7) is 0.268. The average molecular weight is 366 g/mol. The van der Waals surface area contributed by atoms with Crippen molar-refractivity contribution < 1.29 is 19.2 Å². The number of esters is 1. The van der Waals surface area contributed by atoms with E-state index in [-0.39, 0.29) is 18.2 Å². The van der Waals surface area contributed by atoms with E-state index in [1.807, 2.05) is 24.3 Å². The number of rotatable bonds is 5. The molecule has 0 spiro atoms. The van der Waals surface area contributed by atoms with Crippen LogP contribution in [-0.4, -0.2) is 30.0 Å². The predicted octanol–water partition coefficient (Wildman–Crippen LogP) is 3.13. The quantitative estimate of drug-likeness (QED) is 0.351. The number of benzene rings is 2. The van der Waals surface area contributed by atoms with E-state index < -0.39 is 10.9 Å². The zero-order valence-corrected chi connectivity index (χ0v) is 14.5. The Morgan fingerprint density at radius 2 is 1.89 bits per heavy atom. The van der Waals surface area contributed by atoms with Gasteiger partial charge in [0.1, 0.15) is 0 Å². The Labute approximate surface area is 156 Å². The molecule has 138 valence electrons. The van der Waals surface area contributed by atoms with Crippen LogP contribution in [0.2, 0.25) is 0 Å². The standard InChI is InChI=1S/C20H18N2O5/c23-19(21-13-3-5-16-4-1-2-6-18(16)21)14-27-20(24)12-9-15-7-10-17(11-8-15)22(25)26/h1-2,4,6-12H,3,5,13-14H2/b12-9+. The molecule has 0 saturated carbocycles. The highest BCUT2D eigenvalue weighted by molar-refractivity contribution is 5.97. The molecular formula is C20H18N2O5. The van der Waals surface area contributed by atoms with Gasteiger partial charge in [0.05, 0.1) is 4.92 Å². The number of ether oxygens (including phenoxy) is 1. The van der Waals surface area contributed by atoms with Crippen LogP contribution in [0.15, 0.2) is 54.6 Å². The van der Waals surface area contributed by atoms with Crippen molar-refractivity contribution in [1.82, 2.24) is 0 Å². The zero-order valence-electron chi connectivity index (χ0n) is 14.5. The number of hydrogen-bond acceptors (Lipinski definition) is 5. The van der Waals surface area contributed by atoms with Crippen molar-refractivity contribution in [3.8, 4) is 0 Å². The minimum Gasteiger partial charge on any atom is -0.452 e. The topological polar surface area (TPSA) is 89.7 Å². The summed E-state index contributed by atoms with van der Waals surface area (Å²) in [6.07, 6.45) is 4.47. The Balaban J connectivity index is 1.55. The van der Waals surface area contributed by atoms with Crippen molar-refractivity contribution in [1.29, 1.82) is 0 Å². The highest BCUT2D eigenvalue weighted by atomic mass is 16.6. The first-order valence-electron chi connectivity index (χ1n) is 8.52. The highest BCUT2D eigenvalue weighted by Gasteiger charge is 2.22. The summed E-state index contributed by atoms with van der Waals surface area (Å²) in [4.78, 5) is 36.0. The Morgan fingerprint density at radius 1 is 1.15 bits per heavy atom. The monoisotopic (exact) mass is 366 g/mol. The van der Waals surface area contributed by atoms with E-state index in [1.165, 1.54) is 36.4 Å². The first-order valence-corrected chi connectivity index (χ1v) is 8.52. The van der Waals surface area contributed by atoms with Crippen molar-refractivity contribution in [3.63, 3.8) is 0 Å². The third-order valence-electron chi connectivity index (χ3n) is 4.26. The maximum absolute atomic E-state index is 12.4. The Bertz CT molecular complexity index is 890. The van der Waals surface area contributed by atoms with E-state index in [2.05, 4.69) is 0 Å². The van der Waals surface area contributed by atoms with Crippen LogP contribution in [0.25, 0.3) is 6.08 Å². The van der Waals surface area contributed by atoms with Gasteiger partial charge in [-0.15, -0.1) is 0 Å². The molecule has 7 nitrogen and oxygen atoms in total. The van der Waals surface area contributed by atoms with Gasteiger partial charge in [0, 0.05) is 30.4 Å². The predicted molar refractivity (Wildman–Crippen MR) is 100 cm³/mol. The van der Waals surface area contributed by atoms with E-state index >= 15 is 0 Å². The SMILES string of the molecule is O=C(/C=C/c1ccc([N+](=O)[O-])cc1)OCC(=O)N1CCCc2ccccc21. The lowest BCUT2D eigenvalue weighted by Gasteiger charge is -2.29. The third kappa shape index (κ3) is 4.58. The number of nitrogens with zero attached hydrogens (tertiary/aromatic N) is 2. The number of anilines is 1. The van der Waals surface area contributed by atoms with Gasteiger partial charge in [-0.05, 0) is 48.2 Å². The Morgan fingerprint density at radius 3 is 2.63 bits per heavy atom. The van der Waals surface area contributed by atoms with Gasteiger partial charge in [-0.25, -0.2) is 4.79 Å². The van der Waals surface area contributed by atoms with Crippen molar-refractivity contribution >= 4 is 29.3 Å². The molecule has 0 saturated heterocycles. The Hall–Kier alpha value is -3.48. The number of nitro groups is 1. The van der Waals surface area contributed by atoms with Crippen LogP contribution in [0, 0.1) is 10.1 Å². The van der Waals surface area contributed by atoms with Crippen LogP contribution < -0.4 is 4.90 Å². The number of fused-ring (bicyclic) bond motifs is 1. The molecule has 0 fully saturated rings. The summed E-state index contributed by atoms with van der Waals surface area (Å²) in [7, 11) is 0. The summed E-state index contributed by atoms with van der Waals surface area (Å²) < 4.78 is 5.03. The molecule has 0 N–H and O–H groups in total. The normalized spacial score (nSPS) is 13.3. The molecule has 0 unspecified atom stereocenters. The fourth-order valence-corrected chi connectivity index (χ4v) is 2.92. The number of non-ortho nitro benzene ring substituents is 1. The van der Waals surface area contributed by atoms with Crippen LogP contribution in [0.4, 0.5) is 11.4 Å². The van der Waals surface area contributed by atoms with Gasteiger partial charge in [-0.2, -0.15) is 0 Å². The van der Waals surface area contributed by atoms with Gasteiger partial charge < -0.3 is 9.64 Å². The van der Waals surface area contributed by atoms with Gasteiger partial charge in [-0.1, -0.05) is 18.2 Å². The zero-order chi connectivity index (χ0) is 19.2. The van der Waals surface area contributed by atoms with Gasteiger partial charge in [0.25, 0.3) is 11.6 Å². The molecule has 27 heavy (non-hydrogen) atoms. The van der Waals surface area contributed by atoms with Crippen molar-refractivity contribution in [2.75, 3.05) is 18.1 Å². The summed E-state index contributed by atoms with van der Waals surface area (Å²) in [6, 6.07) is 13.5. The number of nitro benzene ring substituents is 1. The number of carbonyl (C=O) groups is 2. The van der Waals surface area contributed by atoms with E-state index in [1.54, 1.807) is 4.90 Å². The highest BCUT2D eigenvalue weighted by Crippen LogP contribution is 2.26. The smallest absolute Gasteiger partial charge is 0.331 e. The molecule has 2 aromatic rings. The molecule has 2 aromatic carbocycles. The molecule has 7 heteroatoms. The summed E-state index contributed by atoms with van der Waals surface area (Å²) in [5.41, 5.74) is 2.57. The molecule has 1 aliphatic rings. The lowest BCUT2D eigenvalue weighted by molar-refractivity contribution is -0.384. The van der Waals surface area contributed by atoms with Gasteiger partial charge in [-0.3, -0.25) is 14.9 Å². The minimum atomic E-state index is -0.646. The molecule has 1 aliphatic heterocycles. The molecule has 3 rings (SSSR count). The van der Waals surface area contributed by atoms with E-state index in [4.69, 9.17) is 4.74 Å². The molecule has 0 aromatic heterocycles. The van der Waals surface area contributed by atoms with Crippen LogP contribution in [0.1, 0.15) is 17.5 Å². The number of aryl methyl sites for hydroxylation is 1.